The molecule has 182 valence electrons. The average Bonchev–Trinajstić information content (AvgIpc) is 3.60. The molecule has 0 radical (unpaired) electrons. The number of amides is 3. The molecule has 0 aliphatic carbocycles. The van der Waals surface area contributed by atoms with Gasteiger partial charge in [-0.25, -0.2) is 0 Å². The Labute approximate surface area is 213 Å². The van der Waals surface area contributed by atoms with Gasteiger partial charge in [-0.15, -0.1) is 11.3 Å². The number of halogens is 1. The van der Waals surface area contributed by atoms with E-state index in [4.69, 9.17) is 16.3 Å². The third kappa shape index (κ3) is 6.28. The molecule has 0 saturated carbocycles. The van der Waals surface area contributed by atoms with Gasteiger partial charge in [0.1, 0.15) is 6.04 Å². The molecule has 1 fully saturated rings. The molecule has 0 unspecified atom stereocenters. The largest absolute Gasteiger partial charge is 0.376 e. The van der Waals surface area contributed by atoms with Crippen LogP contribution in [0.5, 0.6) is 0 Å². The lowest BCUT2D eigenvalue weighted by Crippen LogP contribution is -2.48. The van der Waals surface area contributed by atoms with Crippen LogP contribution < -0.4 is 15.5 Å². The first-order chi connectivity index (χ1) is 17.0. The summed E-state index contributed by atoms with van der Waals surface area (Å²) in [4.78, 5) is 41.5. The van der Waals surface area contributed by atoms with E-state index < -0.39 is 11.9 Å². The molecule has 9 heteroatoms. The zero-order chi connectivity index (χ0) is 24.6. The molecule has 35 heavy (non-hydrogen) atoms. The number of ether oxygens (including phenoxy) is 1. The summed E-state index contributed by atoms with van der Waals surface area (Å²) in [7, 11) is 0. The zero-order valence-electron chi connectivity index (χ0n) is 19.0. The van der Waals surface area contributed by atoms with Crippen LogP contribution in [0.3, 0.4) is 0 Å². The minimum absolute atomic E-state index is 0.0510. The van der Waals surface area contributed by atoms with Crippen molar-refractivity contribution in [2.75, 3.05) is 24.6 Å². The molecule has 0 bridgehead atoms. The van der Waals surface area contributed by atoms with Crippen LogP contribution >= 0.6 is 22.9 Å². The van der Waals surface area contributed by atoms with Crippen molar-refractivity contribution >= 4 is 46.3 Å². The average molecular weight is 512 g/mol. The Morgan fingerprint density at radius 1 is 1.03 bits per heavy atom. The number of carbonyl (C=O) groups is 3. The van der Waals surface area contributed by atoms with E-state index in [2.05, 4.69) is 10.6 Å². The molecule has 2 aromatic carbocycles. The molecule has 3 aromatic rings. The van der Waals surface area contributed by atoms with Crippen molar-refractivity contribution in [2.24, 2.45) is 0 Å². The van der Waals surface area contributed by atoms with Gasteiger partial charge in [0.15, 0.2) is 0 Å². The Balaban J connectivity index is 1.64. The molecule has 7 nitrogen and oxygen atoms in total. The minimum Gasteiger partial charge on any atom is -0.376 e. The van der Waals surface area contributed by atoms with Crippen molar-refractivity contribution in [1.29, 1.82) is 0 Å². The predicted octanol–water partition coefficient (Wildman–Crippen LogP) is 4.20. The van der Waals surface area contributed by atoms with E-state index in [9.17, 15) is 14.4 Å². The van der Waals surface area contributed by atoms with Gasteiger partial charge in [-0.05, 0) is 42.0 Å². The Morgan fingerprint density at radius 3 is 2.49 bits per heavy atom. The highest BCUT2D eigenvalue weighted by Gasteiger charge is 2.34. The maximum absolute atomic E-state index is 13.6. The highest BCUT2D eigenvalue weighted by molar-refractivity contribution is 7.12. The summed E-state index contributed by atoms with van der Waals surface area (Å²) in [5.74, 6) is -1.18. The summed E-state index contributed by atoms with van der Waals surface area (Å²) in [6.45, 7) is 0.725. The predicted molar refractivity (Wildman–Crippen MR) is 137 cm³/mol. The first kappa shape index (κ1) is 24.9. The van der Waals surface area contributed by atoms with Crippen molar-refractivity contribution < 1.29 is 19.1 Å². The maximum atomic E-state index is 13.6. The van der Waals surface area contributed by atoms with Crippen molar-refractivity contribution in [2.45, 2.75) is 25.0 Å². The summed E-state index contributed by atoms with van der Waals surface area (Å²) >= 11 is 7.78. The Kier molecular flexibility index (Phi) is 8.52. The number of hydrogen-bond acceptors (Lipinski definition) is 5. The topological polar surface area (TPSA) is 87.7 Å². The lowest BCUT2D eigenvalue weighted by atomic mass is 10.0. The fourth-order valence-corrected chi connectivity index (χ4v) is 4.84. The lowest BCUT2D eigenvalue weighted by molar-refractivity contribution is -0.126. The smallest absolute Gasteiger partial charge is 0.261 e. The van der Waals surface area contributed by atoms with Gasteiger partial charge in [0.25, 0.3) is 5.91 Å². The molecule has 1 aromatic heterocycles. The number of para-hydroxylation sites is 1. The molecule has 2 atom stereocenters. The van der Waals surface area contributed by atoms with Crippen LogP contribution in [0.2, 0.25) is 5.02 Å². The lowest BCUT2D eigenvalue weighted by Gasteiger charge is -2.32. The van der Waals surface area contributed by atoms with E-state index in [1.165, 1.54) is 16.2 Å². The van der Waals surface area contributed by atoms with Crippen molar-refractivity contribution in [3.63, 3.8) is 0 Å². The number of nitrogens with one attached hydrogen (secondary N) is 2. The molecular weight excluding hydrogens is 486 g/mol. The van der Waals surface area contributed by atoms with E-state index in [-0.39, 0.29) is 24.5 Å². The number of nitrogens with zero attached hydrogens (tertiary/aromatic N) is 1. The summed E-state index contributed by atoms with van der Waals surface area (Å²) in [5.41, 5.74) is 1.00. The first-order valence-corrected chi connectivity index (χ1v) is 12.6. The highest BCUT2D eigenvalue weighted by atomic mass is 35.5. The van der Waals surface area contributed by atoms with Gasteiger partial charge in [0, 0.05) is 13.2 Å². The Hall–Kier alpha value is -3.20. The summed E-state index contributed by atoms with van der Waals surface area (Å²) in [5, 5.41) is 7.72. The monoisotopic (exact) mass is 511 g/mol. The molecule has 2 N–H and O–H groups in total. The van der Waals surface area contributed by atoms with Crippen molar-refractivity contribution in [1.82, 2.24) is 10.6 Å². The van der Waals surface area contributed by atoms with Gasteiger partial charge in [-0.3, -0.25) is 19.3 Å². The van der Waals surface area contributed by atoms with Crippen LogP contribution in [-0.2, 0) is 14.3 Å². The number of thiophene rings is 1. The quantitative estimate of drug-likeness (QED) is 0.450. The standard InChI is InChI=1S/C26H26ClN3O4S/c27-20-11-4-5-12-21(20)30(23(31)17-29-25(32)22-13-7-15-35-22)24(18-8-2-1-3-9-18)26(33)28-16-19-10-6-14-34-19/h1-5,7-9,11-13,15,19,24H,6,10,14,16-17H2,(H,28,33)(H,29,32)/t19-,24-/m1/s1. The first-order valence-electron chi connectivity index (χ1n) is 11.4. The van der Waals surface area contributed by atoms with Gasteiger partial charge < -0.3 is 15.4 Å². The molecular formula is C26H26ClN3O4S. The Morgan fingerprint density at radius 2 is 1.80 bits per heavy atom. The fourth-order valence-electron chi connectivity index (χ4n) is 3.97. The second-order valence-corrected chi connectivity index (χ2v) is 9.42. The SMILES string of the molecule is O=C(NCC(=O)N(c1ccccc1Cl)[C@@H](C(=O)NC[C@H]1CCCO1)c1ccccc1)c1cccs1. The van der Waals surface area contributed by atoms with Crippen molar-refractivity contribution in [3.05, 3.63) is 87.6 Å². The summed E-state index contributed by atoms with van der Waals surface area (Å²) in [6, 6.07) is 18.3. The molecule has 1 aliphatic heterocycles. The molecule has 3 amide bonds. The van der Waals surface area contributed by atoms with Crippen molar-refractivity contribution in [3.8, 4) is 0 Å². The van der Waals surface area contributed by atoms with E-state index in [0.717, 1.165) is 12.8 Å². The zero-order valence-corrected chi connectivity index (χ0v) is 20.6. The van der Waals surface area contributed by atoms with Crippen LogP contribution in [0.25, 0.3) is 0 Å². The molecule has 1 saturated heterocycles. The normalized spacial score (nSPS) is 15.9. The maximum Gasteiger partial charge on any atom is 0.261 e. The minimum atomic E-state index is -0.997. The molecule has 0 spiro atoms. The highest BCUT2D eigenvalue weighted by Crippen LogP contribution is 2.33. The van der Waals surface area contributed by atoms with E-state index in [0.29, 0.717) is 34.3 Å². The Bertz CT molecular complexity index is 1150. The van der Waals surface area contributed by atoms with Crippen LogP contribution in [-0.4, -0.2) is 43.5 Å². The third-order valence-corrected chi connectivity index (χ3v) is 6.86. The number of anilines is 1. The van der Waals surface area contributed by atoms with Gasteiger partial charge >= 0.3 is 0 Å². The number of hydrogen-bond donors (Lipinski definition) is 2. The summed E-state index contributed by atoms with van der Waals surface area (Å²) < 4.78 is 5.64. The van der Waals surface area contributed by atoms with E-state index in [1.807, 2.05) is 18.2 Å². The van der Waals surface area contributed by atoms with E-state index in [1.54, 1.807) is 53.9 Å². The van der Waals surface area contributed by atoms with Gasteiger partial charge in [-0.1, -0.05) is 60.1 Å². The van der Waals surface area contributed by atoms with Gasteiger partial charge in [0.05, 0.1) is 28.2 Å². The third-order valence-electron chi connectivity index (χ3n) is 5.68. The van der Waals surface area contributed by atoms with E-state index >= 15 is 0 Å². The number of rotatable bonds is 9. The van der Waals surface area contributed by atoms with Crippen LogP contribution in [0.15, 0.2) is 72.1 Å². The van der Waals surface area contributed by atoms with Gasteiger partial charge in [-0.2, -0.15) is 0 Å². The van der Waals surface area contributed by atoms with Crippen LogP contribution in [0.4, 0.5) is 5.69 Å². The second kappa shape index (κ2) is 12.0. The van der Waals surface area contributed by atoms with Crippen LogP contribution in [0.1, 0.15) is 34.1 Å². The second-order valence-electron chi connectivity index (χ2n) is 8.07. The number of carbonyl (C=O) groups excluding carboxylic acids is 3. The fraction of sp³-hybridized carbons (Fsp3) is 0.269. The van der Waals surface area contributed by atoms with Crippen LogP contribution in [0, 0.1) is 0 Å². The number of benzene rings is 2. The molecule has 1 aliphatic rings. The molecule has 4 rings (SSSR count). The summed E-state index contributed by atoms with van der Waals surface area (Å²) in [6.07, 6.45) is 1.78. The molecule has 2 heterocycles. The van der Waals surface area contributed by atoms with Gasteiger partial charge in [0.2, 0.25) is 11.8 Å².